The summed E-state index contributed by atoms with van der Waals surface area (Å²) in [6, 6.07) is 6.21. The smallest absolute Gasteiger partial charge is 0.253 e. The van der Waals surface area contributed by atoms with Crippen LogP contribution in [0, 0.1) is 11.8 Å². The third-order valence-corrected chi connectivity index (χ3v) is 8.64. The molecule has 1 aromatic carbocycles. The fraction of sp³-hybridized carbons (Fsp3) is 0.567. The second kappa shape index (κ2) is 11.5. The Morgan fingerprint density at radius 2 is 1.74 bits per heavy atom. The molecule has 3 fully saturated rings. The fourth-order valence-corrected chi connectivity index (χ4v) is 6.78. The van der Waals surface area contributed by atoms with Crippen LogP contribution < -0.4 is 9.80 Å². The minimum Gasteiger partial charge on any atom is -0.394 e. The standard InChI is InChI=1S/C30H42N4O5/c1-7-17-31(6)27(36)24-23-15-16-30(39-23)25(24)28(37)34(20(5)19-35)26(30)29(38)33(18-8-2)22-13-11-21(12-14-22)32(9-3)10-4/h7-8,11-14,20,23-26,35H,1-2,9-10,15-19H2,3-6H3/t20-,23-,24+,25+,26?,30?/m1/s1. The van der Waals surface area contributed by atoms with Crippen molar-refractivity contribution in [3.05, 3.63) is 49.6 Å². The number of likely N-dealkylation sites (N-methyl/N-ethyl adjacent to an activating group) is 1. The molecule has 1 aromatic rings. The van der Waals surface area contributed by atoms with Crippen molar-refractivity contribution >= 4 is 29.1 Å². The normalized spacial score (nSPS) is 27.7. The van der Waals surface area contributed by atoms with Crippen LogP contribution in [0.2, 0.25) is 0 Å². The Bertz CT molecular complexity index is 1100. The summed E-state index contributed by atoms with van der Waals surface area (Å²) in [6.45, 7) is 15.5. The van der Waals surface area contributed by atoms with Gasteiger partial charge in [0, 0.05) is 44.6 Å². The number of benzene rings is 1. The maximum Gasteiger partial charge on any atom is 0.253 e. The van der Waals surface area contributed by atoms with E-state index in [0.717, 1.165) is 18.8 Å². The molecule has 4 rings (SSSR count). The van der Waals surface area contributed by atoms with E-state index in [1.54, 1.807) is 35.9 Å². The average Bonchev–Trinajstić information content (AvgIpc) is 3.59. The zero-order valence-corrected chi connectivity index (χ0v) is 23.6. The van der Waals surface area contributed by atoms with Gasteiger partial charge < -0.3 is 29.4 Å². The Balaban J connectivity index is 1.74. The Morgan fingerprint density at radius 3 is 2.31 bits per heavy atom. The molecule has 3 amide bonds. The van der Waals surface area contributed by atoms with E-state index in [2.05, 4.69) is 31.9 Å². The first-order valence-electron chi connectivity index (χ1n) is 13.9. The molecular formula is C30H42N4O5. The predicted octanol–water partition coefficient (Wildman–Crippen LogP) is 2.45. The number of aliphatic hydroxyl groups is 1. The van der Waals surface area contributed by atoms with Gasteiger partial charge in [-0.05, 0) is 57.9 Å². The van der Waals surface area contributed by atoms with Crippen molar-refractivity contribution in [3.8, 4) is 0 Å². The van der Waals surface area contributed by atoms with Gasteiger partial charge in [-0.25, -0.2) is 0 Å². The van der Waals surface area contributed by atoms with E-state index in [9.17, 15) is 19.5 Å². The molecule has 2 bridgehead atoms. The number of carbonyl (C=O) groups is 3. The summed E-state index contributed by atoms with van der Waals surface area (Å²) < 4.78 is 6.52. The van der Waals surface area contributed by atoms with Gasteiger partial charge in [0.2, 0.25) is 11.8 Å². The van der Waals surface area contributed by atoms with Crippen LogP contribution in [0.5, 0.6) is 0 Å². The van der Waals surface area contributed by atoms with Crippen molar-refractivity contribution < 1.29 is 24.2 Å². The molecule has 1 spiro atoms. The topological polar surface area (TPSA) is 93.6 Å². The zero-order valence-electron chi connectivity index (χ0n) is 23.6. The van der Waals surface area contributed by atoms with Crippen LogP contribution in [0.25, 0.3) is 0 Å². The van der Waals surface area contributed by atoms with Crippen molar-refractivity contribution in [2.24, 2.45) is 11.8 Å². The molecule has 2 unspecified atom stereocenters. The zero-order chi connectivity index (χ0) is 28.5. The lowest BCUT2D eigenvalue weighted by atomic mass is 9.70. The predicted molar refractivity (Wildman–Crippen MR) is 151 cm³/mol. The molecule has 3 heterocycles. The highest BCUT2D eigenvalue weighted by Gasteiger charge is 2.75. The molecule has 0 radical (unpaired) electrons. The van der Waals surface area contributed by atoms with Crippen molar-refractivity contribution in [2.75, 3.05) is 49.6 Å². The van der Waals surface area contributed by atoms with Gasteiger partial charge >= 0.3 is 0 Å². The molecule has 1 N–H and O–H groups in total. The summed E-state index contributed by atoms with van der Waals surface area (Å²) in [5.41, 5.74) is 0.617. The highest BCUT2D eigenvalue weighted by molar-refractivity contribution is 6.05. The number of fused-ring (bicyclic) bond motifs is 1. The lowest BCUT2D eigenvalue weighted by molar-refractivity contribution is -0.146. The van der Waals surface area contributed by atoms with E-state index in [4.69, 9.17) is 4.74 Å². The molecule has 0 saturated carbocycles. The van der Waals surface area contributed by atoms with E-state index in [1.165, 1.54) is 4.90 Å². The molecule has 212 valence electrons. The summed E-state index contributed by atoms with van der Waals surface area (Å²) in [5, 5.41) is 10.1. The molecule has 9 heteroatoms. The summed E-state index contributed by atoms with van der Waals surface area (Å²) >= 11 is 0. The Hall–Kier alpha value is -3.17. The quantitative estimate of drug-likeness (QED) is 0.411. The minimum absolute atomic E-state index is 0.181. The van der Waals surface area contributed by atoms with Gasteiger partial charge in [0.1, 0.15) is 11.6 Å². The molecule has 3 saturated heterocycles. The summed E-state index contributed by atoms with van der Waals surface area (Å²) in [7, 11) is 1.69. The van der Waals surface area contributed by atoms with Crippen LogP contribution >= 0.6 is 0 Å². The van der Waals surface area contributed by atoms with Crippen LogP contribution in [0.4, 0.5) is 11.4 Å². The van der Waals surface area contributed by atoms with Crippen LogP contribution in [0.15, 0.2) is 49.6 Å². The fourth-order valence-electron chi connectivity index (χ4n) is 6.78. The molecule has 6 atom stereocenters. The van der Waals surface area contributed by atoms with Crippen molar-refractivity contribution in [3.63, 3.8) is 0 Å². The number of ether oxygens (including phenoxy) is 1. The van der Waals surface area contributed by atoms with Crippen molar-refractivity contribution in [1.82, 2.24) is 9.80 Å². The third-order valence-electron chi connectivity index (χ3n) is 8.64. The highest BCUT2D eigenvalue weighted by atomic mass is 16.5. The minimum atomic E-state index is -1.13. The lowest BCUT2D eigenvalue weighted by Crippen LogP contribution is -2.58. The Labute approximate surface area is 231 Å². The molecule has 3 aliphatic rings. The van der Waals surface area contributed by atoms with Gasteiger partial charge in [-0.15, -0.1) is 13.2 Å². The summed E-state index contributed by atoms with van der Waals surface area (Å²) in [4.78, 5) is 48.9. The summed E-state index contributed by atoms with van der Waals surface area (Å²) in [5.74, 6) is -2.25. The SMILES string of the molecule is C=CCN(C)C(=O)[C@@H]1[C@H]2C(=O)N([C@H](C)CO)C(C(=O)N(CC=C)c3ccc(N(CC)CC)cc3)C23CC[C@H]1O3. The second-order valence-corrected chi connectivity index (χ2v) is 10.8. The molecule has 3 aliphatic heterocycles. The van der Waals surface area contributed by atoms with Crippen molar-refractivity contribution in [1.29, 1.82) is 0 Å². The first-order chi connectivity index (χ1) is 18.7. The molecular weight excluding hydrogens is 496 g/mol. The molecule has 9 nitrogen and oxygen atoms in total. The number of hydrogen-bond acceptors (Lipinski definition) is 6. The number of rotatable bonds is 12. The Kier molecular flexibility index (Phi) is 8.51. The van der Waals surface area contributed by atoms with E-state index in [1.807, 2.05) is 24.3 Å². The van der Waals surface area contributed by atoms with E-state index in [0.29, 0.717) is 25.1 Å². The van der Waals surface area contributed by atoms with E-state index >= 15 is 0 Å². The van der Waals surface area contributed by atoms with Gasteiger partial charge in [-0.1, -0.05) is 12.2 Å². The van der Waals surface area contributed by atoms with Gasteiger partial charge in [0.05, 0.1) is 30.6 Å². The first kappa shape index (κ1) is 28.8. The third kappa shape index (κ3) is 4.65. The van der Waals surface area contributed by atoms with Crippen LogP contribution in [0.1, 0.15) is 33.6 Å². The average molecular weight is 539 g/mol. The number of carbonyl (C=O) groups excluding carboxylic acids is 3. The highest BCUT2D eigenvalue weighted by Crippen LogP contribution is 2.59. The largest absolute Gasteiger partial charge is 0.394 e. The van der Waals surface area contributed by atoms with Crippen LogP contribution in [-0.4, -0.2) is 96.3 Å². The second-order valence-electron chi connectivity index (χ2n) is 10.8. The number of hydrogen-bond donors (Lipinski definition) is 1. The molecule has 0 aromatic heterocycles. The van der Waals surface area contributed by atoms with Crippen molar-refractivity contribution in [2.45, 2.75) is 57.4 Å². The van der Waals surface area contributed by atoms with E-state index < -0.39 is 35.6 Å². The maximum absolute atomic E-state index is 14.5. The number of anilines is 2. The number of amides is 3. The number of nitrogens with zero attached hydrogens (tertiary/aromatic N) is 4. The van der Waals surface area contributed by atoms with E-state index in [-0.39, 0.29) is 30.9 Å². The van der Waals surface area contributed by atoms with Gasteiger partial charge in [-0.2, -0.15) is 0 Å². The molecule has 0 aliphatic carbocycles. The number of aliphatic hydroxyl groups excluding tert-OH is 1. The first-order valence-corrected chi connectivity index (χ1v) is 13.9. The van der Waals surface area contributed by atoms with Crippen LogP contribution in [-0.2, 0) is 19.1 Å². The van der Waals surface area contributed by atoms with Gasteiger partial charge in [0.25, 0.3) is 5.91 Å². The molecule has 39 heavy (non-hydrogen) atoms. The number of likely N-dealkylation sites (tertiary alicyclic amines) is 1. The van der Waals surface area contributed by atoms with Gasteiger partial charge in [-0.3, -0.25) is 14.4 Å². The Morgan fingerprint density at radius 1 is 1.13 bits per heavy atom. The van der Waals surface area contributed by atoms with Crippen LogP contribution in [0.3, 0.4) is 0 Å². The lowest BCUT2D eigenvalue weighted by Gasteiger charge is -2.38. The van der Waals surface area contributed by atoms with Gasteiger partial charge in [0.15, 0.2) is 0 Å². The maximum atomic E-state index is 14.5. The summed E-state index contributed by atoms with van der Waals surface area (Å²) in [6.07, 6.45) is 3.96. The monoisotopic (exact) mass is 538 g/mol.